The van der Waals surface area contributed by atoms with Gasteiger partial charge in [0.1, 0.15) is 6.04 Å². The Morgan fingerprint density at radius 2 is 1.74 bits per heavy atom. The Labute approximate surface area is 206 Å². The van der Waals surface area contributed by atoms with Crippen molar-refractivity contribution >= 4 is 34.2 Å². The first-order valence-electron chi connectivity index (χ1n) is 12.5. The summed E-state index contributed by atoms with van der Waals surface area (Å²) in [5.74, 6) is -0.218. The largest absolute Gasteiger partial charge is 0.354 e. The van der Waals surface area contributed by atoms with Crippen molar-refractivity contribution in [2.75, 3.05) is 24.5 Å². The molecule has 0 bridgehead atoms. The van der Waals surface area contributed by atoms with Crippen LogP contribution < -0.4 is 10.2 Å². The molecular formula is C29H33N3O3. The van der Waals surface area contributed by atoms with Gasteiger partial charge >= 0.3 is 0 Å². The van der Waals surface area contributed by atoms with Crippen LogP contribution in [0.4, 0.5) is 5.69 Å². The molecule has 0 radical (unpaired) electrons. The molecule has 0 unspecified atom stereocenters. The van der Waals surface area contributed by atoms with Crippen molar-refractivity contribution in [3.63, 3.8) is 0 Å². The second kappa shape index (κ2) is 11.2. The van der Waals surface area contributed by atoms with E-state index < -0.39 is 6.04 Å². The minimum Gasteiger partial charge on any atom is -0.354 e. The van der Waals surface area contributed by atoms with Gasteiger partial charge in [-0.3, -0.25) is 14.4 Å². The first-order valence-corrected chi connectivity index (χ1v) is 12.5. The number of hydrogen-bond acceptors (Lipinski definition) is 3. The highest BCUT2D eigenvalue weighted by Gasteiger charge is 2.30. The van der Waals surface area contributed by atoms with Gasteiger partial charge in [0.05, 0.1) is 5.69 Å². The number of benzene rings is 3. The summed E-state index contributed by atoms with van der Waals surface area (Å²) in [6.07, 6.45) is 2.33. The molecule has 35 heavy (non-hydrogen) atoms. The SMILES string of the molecule is CCCNC(=O)[C@@H](C)N(CCc1ccccc1)C(=O)CCCN1C(=O)c2cccc3cccc1c23. The number of amides is 3. The van der Waals surface area contributed by atoms with Crippen molar-refractivity contribution in [3.05, 3.63) is 77.9 Å². The van der Waals surface area contributed by atoms with E-state index in [1.54, 1.807) is 16.7 Å². The molecule has 6 heteroatoms. The molecule has 1 heterocycles. The number of nitrogens with one attached hydrogen (secondary N) is 1. The number of rotatable bonds is 11. The fourth-order valence-electron chi connectivity index (χ4n) is 4.70. The minimum atomic E-state index is -0.552. The molecule has 6 nitrogen and oxygen atoms in total. The van der Waals surface area contributed by atoms with Gasteiger partial charge in [-0.1, -0.05) is 61.5 Å². The predicted octanol–water partition coefficient (Wildman–Crippen LogP) is 4.57. The summed E-state index contributed by atoms with van der Waals surface area (Å²) < 4.78 is 0. The molecule has 3 amide bonds. The Morgan fingerprint density at radius 3 is 2.49 bits per heavy atom. The highest BCUT2D eigenvalue weighted by atomic mass is 16.2. The lowest BCUT2D eigenvalue weighted by Gasteiger charge is -2.29. The van der Waals surface area contributed by atoms with Gasteiger partial charge in [-0.15, -0.1) is 0 Å². The summed E-state index contributed by atoms with van der Waals surface area (Å²) in [6.45, 7) is 5.31. The maximum absolute atomic E-state index is 13.3. The molecular weight excluding hydrogens is 438 g/mol. The molecule has 0 aromatic heterocycles. The molecule has 4 rings (SSSR count). The van der Waals surface area contributed by atoms with Crippen molar-refractivity contribution < 1.29 is 14.4 Å². The van der Waals surface area contributed by atoms with Gasteiger partial charge < -0.3 is 15.1 Å². The van der Waals surface area contributed by atoms with Crippen LogP contribution in [-0.4, -0.2) is 48.3 Å². The maximum atomic E-state index is 13.3. The smallest absolute Gasteiger partial charge is 0.258 e. The number of carbonyl (C=O) groups excluding carboxylic acids is 3. The summed E-state index contributed by atoms with van der Waals surface area (Å²) >= 11 is 0. The molecule has 0 saturated heterocycles. The van der Waals surface area contributed by atoms with Gasteiger partial charge in [-0.25, -0.2) is 0 Å². The van der Waals surface area contributed by atoms with Crippen LogP contribution in [0.1, 0.15) is 49.0 Å². The Bertz CT molecular complexity index is 1200. The van der Waals surface area contributed by atoms with E-state index in [1.807, 2.05) is 73.7 Å². The van der Waals surface area contributed by atoms with Crippen molar-refractivity contribution in [2.45, 2.75) is 45.6 Å². The molecule has 182 valence electrons. The number of anilines is 1. The predicted molar refractivity (Wildman–Crippen MR) is 139 cm³/mol. The fraction of sp³-hybridized carbons (Fsp3) is 0.345. The Morgan fingerprint density at radius 1 is 1.00 bits per heavy atom. The first kappa shape index (κ1) is 24.5. The van der Waals surface area contributed by atoms with E-state index in [9.17, 15) is 14.4 Å². The number of carbonyl (C=O) groups is 3. The van der Waals surface area contributed by atoms with Crippen LogP contribution >= 0.6 is 0 Å². The molecule has 1 aliphatic rings. The lowest BCUT2D eigenvalue weighted by Crippen LogP contribution is -2.49. The van der Waals surface area contributed by atoms with Crippen LogP contribution in [0.3, 0.4) is 0 Å². The average molecular weight is 472 g/mol. The van der Waals surface area contributed by atoms with E-state index in [-0.39, 0.29) is 24.1 Å². The van der Waals surface area contributed by atoms with Crippen molar-refractivity contribution in [2.24, 2.45) is 0 Å². The minimum absolute atomic E-state index is 0.0162. The van der Waals surface area contributed by atoms with Gasteiger partial charge in [0, 0.05) is 37.0 Å². The van der Waals surface area contributed by atoms with Gasteiger partial charge in [0.2, 0.25) is 11.8 Å². The topological polar surface area (TPSA) is 69.7 Å². The summed E-state index contributed by atoms with van der Waals surface area (Å²) in [4.78, 5) is 42.4. The quantitative estimate of drug-likeness (QED) is 0.446. The lowest BCUT2D eigenvalue weighted by atomic mass is 10.1. The fourth-order valence-corrected chi connectivity index (χ4v) is 4.70. The lowest BCUT2D eigenvalue weighted by molar-refractivity contribution is -0.139. The molecule has 3 aromatic carbocycles. The molecule has 1 atom stereocenters. The van der Waals surface area contributed by atoms with E-state index in [2.05, 4.69) is 5.32 Å². The van der Waals surface area contributed by atoms with Gasteiger partial charge in [-0.2, -0.15) is 0 Å². The van der Waals surface area contributed by atoms with Crippen LogP contribution in [-0.2, 0) is 16.0 Å². The maximum Gasteiger partial charge on any atom is 0.258 e. The van der Waals surface area contributed by atoms with Crippen LogP contribution in [0.25, 0.3) is 10.8 Å². The Hall–Kier alpha value is -3.67. The van der Waals surface area contributed by atoms with Crippen molar-refractivity contribution in [1.29, 1.82) is 0 Å². The summed E-state index contributed by atoms with van der Waals surface area (Å²) in [5, 5.41) is 4.94. The normalized spacial score (nSPS) is 13.2. The zero-order valence-electron chi connectivity index (χ0n) is 20.5. The van der Waals surface area contributed by atoms with E-state index in [0.29, 0.717) is 32.5 Å². The number of hydrogen-bond donors (Lipinski definition) is 1. The standard InChI is InChI=1S/C29H33N3O3/c1-3-18-30-28(34)21(2)31(20-17-22-10-5-4-6-11-22)26(33)16-9-19-32-25-15-8-13-23-12-7-14-24(27(23)25)29(32)35/h4-8,10-15,21H,3,9,16-20H2,1-2H3,(H,30,34)/t21-/m1/s1. The van der Waals surface area contributed by atoms with E-state index >= 15 is 0 Å². The van der Waals surface area contributed by atoms with Gasteiger partial charge in [0.15, 0.2) is 0 Å². The van der Waals surface area contributed by atoms with Gasteiger partial charge in [0.25, 0.3) is 5.91 Å². The molecule has 1 N–H and O–H groups in total. The molecule has 0 spiro atoms. The highest BCUT2D eigenvalue weighted by Crippen LogP contribution is 2.37. The first-order chi connectivity index (χ1) is 17.0. The van der Waals surface area contributed by atoms with Gasteiger partial charge in [-0.05, 0) is 49.3 Å². The second-order valence-corrected chi connectivity index (χ2v) is 9.03. The van der Waals surface area contributed by atoms with Crippen molar-refractivity contribution in [1.82, 2.24) is 10.2 Å². The molecule has 1 aliphatic heterocycles. The Balaban J connectivity index is 1.41. The third kappa shape index (κ3) is 5.37. The summed E-state index contributed by atoms with van der Waals surface area (Å²) in [5.41, 5.74) is 2.75. The monoisotopic (exact) mass is 471 g/mol. The average Bonchev–Trinajstić information content (AvgIpc) is 3.16. The summed E-state index contributed by atoms with van der Waals surface area (Å²) in [6, 6.07) is 21.1. The zero-order chi connectivity index (χ0) is 24.8. The van der Waals surface area contributed by atoms with Crippen LogP contribution in [0.15, 0.2) is 66.7 Å². The third-order valence-electron chi connectivity index (χ3n) is 6.62. The van der Waals surface area contributed by atoms with E-state index in [4.69, 9.17) is 0 Å². The van der Waals surface area contributed by atoms with Crippen molar-refractivity contribution in [3.8, 4) is 0 Å². The van der Waals surface area contributed by atoms with Crippen LogP contribution in [0.2, 0.25) is 0 Å². The molecule has 3 aromatic rings. The summed E-state index contributed by atoms with van der Waals surface area (Å²) in [7, 11) is 0. The van der Waals surface area contributed by atoms with Crippen LogP contribution in [0.5, 0.6) is 0 Å². The molecule has 0 aliphatic carbocycles. The Kier molecular flexibility index (Phi) is 7.80. The third-order valence-corrected chi connectivity index (χ3v) is 6.62. The molecule has 0 fully saturated rings. The van der Waals surface area contributed by atoms with E-state index in [0.717, 1.165) is 34.0 Å². The van der Waals surface area contributed by atoms with E-state index in [1.165, 1.54) is 0 Å². The zero-order valence-corrected chi connectivity index (χ0v) is 20.5. The highest BCUT2D eigenvalue weighted by molar-refractivity contribution is 6.25. The number of nitrogens with zero attached hydrogens (tertiary/aromatic N) is 2. The second-order valence-electron chi connectivity index (χ2n) is 9.03. The van der Waals surface area contributed by atoms with Crippen LogP contribution in [0, 0.1) is 0 Å². The molecule has 0 saturated carbocycles.